The fraction of sp³-hybridized carbons (Fsp3) is 0.350. The Hall–Kier alpha value is -5.00. The van der Waals surface area contributed by atoms with Crippen LogP contribution in [0.4, 0.5) is 28.6 Å². The van der Waals surface area contributed by atoms with Crippen molar-refractivity contribution in [1.82, 2.24) is 0 Å². The average Bonchev–Trinajstić information content (AvgIpc) is 3.50. The highest BCUT2D eigenvalue weighted by Crippen LogP contribution is 2.51. The average molecular weight is 721 g/mol. The summed E-state index contributed by atoms with van der Waals surface area (Å²) in [6, 6.07) is 25.2. The number of benzene rings is 3. The molecule has 1 aliphatic heterocycles. The SMILES string of the molecule is CCN(CC)c1ccc2c(c1)OC1=C(CCC1=Cc1cc3ccc(N(CC)CCCCCC(=O)[OH2+])cc3oc1=O)C2c1ccccc1.F[B-](F)(F)F. The maximum atomic E-state index is 13.4. The summed E-state index contributed by atoms with van der Waals surface area (Å²) >= 11 is 0. The van der Waals surface area contributed by atoms with Crippen LogP contribution in [0.5, 0.6) is 5.75 Å². The first-order valence-corrected chi connectivity index (χ1v) is 17.9. The van der Waals surface area contributed by atoms with E-state index in [-0.39, 0.29) is 11.5 Å². The third-order valence-corrected chi connectivity index (χ3v) is 9.53. The maximum Gasteiger partial charge on any atom is 0.673 e. The molecular weight excluding hydrogens is 675 g/mol. The van der Waals surface area contributed by atoms with Gasteiger partial charge in [0.05, 0.1) is 5.56 Å². The topological polar surface area (TPSA) is 85.9 Å². The molecule has 0 fully saturated rings. The molecule has 12 heteroatoms. The van der Waals surface area contributed by atoms with E-state index in [0.717, 1.165) is 92.1 Å². The minimum atomic E-state index is -6.00. The molecular formula is C40H45BF4N2O5. The number of carbonyl (C=O) groups excluding carboxylic acids is 1. The minimum Gasteiger partial charge on any atom is -0.565 e. The molecule has 0 saturated heterocycles. The molecule has 2 heterocycles. The number of halogens is 4. The van der Waals surface area contributed by atoms with Crippen LogP contribution in [0.1, 0.15) is 81.9 Å². The zero-order chi connectivity index (χ0) is 37.4. The zero-order valence-electron chi connectivity index (χ0n) is 29.8. The van der Waals surface area contributed by atoms with Gasteiger partial charge in [0.1, 0.15) is 23.5 Å². The van der Waals surface area contributed by atoms with Gasteiger partial charge in [-0.05, 0) is 93.5 Å². The van der Waals surface area contributed by atoms with E-state index in [1.807, 2.05) is 24.3 Å². The van der Waals surface area contributed by atoms with E-state index in [2.05, 4.69) is 85.2 Å². The van der Waals surface area contributed by atoms with Crippen LogP contribution < -0.4 is 20.2 Å². The molecule has 3 aromatic carbocycles. The van der Waals surface area contributed by atoms with Gasteiger partial charge < -0.3 is 41.3 Å². The second-order valence-corrected chi connectivity index (χ2v) is 12.9. The van der Waals surface area contributed by atoms with E-state index in [9.17, 15) is 26.9 Å². The monoisotopic (exact) mass is 720 g/mol. The number of anilines is 2. The first kappa shape index (κ1) is 38.2. The van der Waals surface area contributed by atoms with E-state index in [1.54, 1.807) is 0 Å². The highest BCUT2D eigenvalue weighted by molar-refractivity contribution is 6.50. The summed E-state index contributed by atoms with van der Waals surface area (Å²) in [4.78, 5) is 28.9. The predicted octanol–water partition coefficient (Wildman–Crippen LogP) is 9.23. The summed E-state index contributed by atoms with van der Waals surface area (Å²) < 4.78 is 51.6. The number of allylic oxidation sites excluding steroid dienone is 2. The van der Waals surface area contributed by atoms with Crippen LogP contribution in [0.3, 0.4) is 0 Å². The van der Waals surface area contributed by atoms with E-state index in [4.69, 9.17) is 14.3 Å². The number of rotatable bonds is 13. The summed E-state index contributed by atoms with van der Waals surface area (Å²) in [5.41, 5.74) is 7.57. The molecule has 1 unspecified atom stereocenters. The molecule has 0 saturated carbocycles. The smallest absolute Gasteiger partial charge is 0.565 e. The van der Waals surface area contributed by atoms with Crippen molar-refractivity contribution >= 4 is 41.6 Å². The van der Waals surface area contributed by atoms with Crippen molar-refractivity contribution in [1.29, 1.82) is 0 Å². The minimum absolute atomic E-state index is 0.0970. The van der Waals surface area contributed by atoms with Gasteiger partial charge in [-0.1, -0.05) is 42.8 Å². The van der Waals surface area contributed by atoms with Gasteiger partial charge in [-0.2, -0.15) is 0 Å². The van der Waals surface area contributed by atoms with E-state index >= 15 is 0 Å². The number of carbonyl (C=O) groups is 1. The van der Waals surface area contributed by atoms with E-state index in [1.165, 1.54) is 16.7 Å². The van der Waals surface area contributed by atoms with E-state index in [0.29, 0.717) is 17.6 Å². The number of fused-ring (bicyclic) bond motifs is 2. The number of ether oxygens (including phenoxy) is 1. The molecule has 0 spiro atoms. The summed E-state index contributed by atoms with van der Waals surface area (Å²) in [5, 5.41) is 7.95. The second-order valence-electron chi connectivity index (χ2n) is 12.9. The molecule has 7 nitrogen and oxygen atoms in total. The first-order chi connectivity index (χ1) is 24.9. The molecule has 1 aliphatic carbocycles. The third kappa shape index (κ3) is 9.46. The largest absolute Gasteiger partial charge is 0.673 e. The lowest BCUT2D eigenvalue weighted by Crippen LogP contribution is -2.23. The van der Waals surface area contributed by atoms with Gasteiger partial charge in [0.25, 0.3) is 0 Å². The van der Waals surface area contributed by atoms with Gasteiger partial charge in [0, 0.05) is 71.3 Å². The molecule has 0 amide bonds. The molecule has 276 valence electrons. The molecule has 0 bridgehead atoms. The van der Waals surface area contributed by atoms with Crippen molar-refractivity contribution in [2.45, 2.75) is 65.2 Å². The van der Waals surface area contributed by atoms with Gasteiger partial charge >= 0.3 is 18.8 Å². The highest BCUT2D eigenvalue weighted by atomic mass is 19.5. The normalized spacial score (nSPS) is 15.8. The predicted molar refractivity (Wildman–Crippen MR) is 201 cm³/mol. The van der Waals surface area contributed by atoms with Crippen LogP contribution in [0.15, 0.2) is 98.9 Å². The van der Waals surface area contributed by atoms with Gasteiger partial charge in [0.15, 0.2) is 0 Å². The molecule has 1 atom stereocenters. The van der Waals surface area contributed by atoms with Gasteiger partial charge in [-0.3, -0.25) is 0 Å². The summed E-state index contributed by atoms with van der Waals surface area (Å²) in [6.07, 6.45) is 6.51. The number of hydrogen-bond acceptors (Lipinski definition) is 6. The lowest BCUT2D eigenvalue weighted by atomic mass is 9.82. The van der Waals surface area contributed by atoms with E-state index < -0.39 is 13.2 Å². The van der Waals surface area contributed by atoms with Crippen molar-refractivity contribution in [3.05, 3.63) is 117 Å². The standard InChI is InChI=1S/C40H44N2O5.BF4/c1-4-41(5-2)31-19-21-33-36(26-31)46-39-29(17-20-34(39)38(33)27-13-9-7-10-14-27)24-30-23-28-16-18-32(25-35(28)47-40(30)45)42(6-3)22-12-8-11-15-37(43)44;2-1(3,4)5/h7,9-10,13-14,16,18-19,21,23-26,38H,4-6,8,11-12,15,17,20,22H2,1-3H3,(H,43,44);/q;-1/p+1. The highest BCUT2D eigenvalue weighted by Gasteiger charge is 2.36. The fourth-order valence-electron chi connectivity index (χ4n) is 7.04. The molecule has 4 aromatic rings. The lowest BCUT2D eigenvalue weighted by Gasteiger charge is -2.30. The Morgan fingerprint density at radius 3 is 2.21 bits per heavy atom. The Morgan fingerprint density at radius 2 is 1.54 bits per heavy atom. The Balaban J connectivity index is 0.000000979. The van der Waals surface area contributed by atoms with Crippen molar-refractivity contribution in [2.24, 2.45) is 0 Å². The summed E-state index contributed by atoms with van der Waals surface area (Å²) in [5.74, 6) is 1.35. The summed E-state index contributed by atoms with van der Waals surface area (Å²) in [6.45, 7) is 9.93. The van der Waals surface area contributed by atoms with Crippen molar-refractivity contribution in [3.8, 4) is 5.75 Å². The van der Waals surface area contributed by atoms with Gasteiger partial charge in [-0.15, -0.1) is 0 Å². The van der Waals surface area contributed by atoms with Crippen LogP contribution in [0.2, 0.25) is 0 Å². The van der Waals surface area contributed by atoms with Crippen LogP contribution in [0.25, 0.3) is 17.0 Å². The van der Waals surface area contributed by atoms with Gasteiger partial charge in [-0.25, -0.2) is 4.79 Å². The van der Waals surface area contributed by atoms with Crippen LogP contribution >= 0.6 is 0 Å². The molecule has 0 radical (unpaired) electrons. The Morgan fingerprint density at radius 1 is 0.865 bits per heavy atom. The van der Waals surface area contributed by atoms with Crippen LogP contribution in [0, 0.1) is 0 Å². The lowest BCUT2D eigenvalue weighted by molar-refractivity contribution is -0.137. The first-order valence-electron chi connectivity index (χ1n) is 17.9. The maximum absolute atomic E-state index is 13.4. The third-order valence-electron chi connectivity index (χ3n) is 9.53. The molecule has 52 heavy (non-hydrogen) atoms. The molecule has 2 N–H and O–H groups in total. The Bertz CT molecular complexity index is 1980. The van der Waals surface area contributed by atoms with Crippen molar-refractivity contribution < 1.29 is 36.3 Å². The number of unbranched alkanes of at least 4 members (excludes halogenated alkanes) is 2. The summed E-state index contributed by atoms with van der Waals surface area (Å²) in [7, 11) is -6.00. The molecule has 1 aromatic heterocycles. The zero-order valence-corrected chi connectivity index (χ0v) is 29.8. The fourth-order valence-corrected chi connectivity index (χ4v) is 7.04. The molecule has 6 rings (SSSR count). The quantitative estimate of drug-likeness (QED) is 0.0450. The van der Waals surface area contributed by atoms with Crippen molar-refractivity contribution in [3.63, 3.8) is 0 Å². The molecule has 2 aliphatic rings. The van der Waals surface area contributed by atoms with Gasteiger partial charge in [0.2, 0.25) is 0 Å². The Labute approximate surface area is 301 Å². The van der Waals surface area contributed by atoms with Crippen molar-refractivity contribution in [2.75, 3.05) is 36.0 Å². The van der Waals surface area contributed by atoms with Crippen LogP contribution in [-0.4, -0.2) is 44.5 Å². The van der Waals surface area contributed by atoms with Crippen LogP contribution in [-0.2, 0) is 4.79 Å². The Kier molecular flexibility index (Phi) is 12.5. The second kappa shape index (κ2) is 17.0. The number of nitrogens with zero attached hydrogens (tertiary/aromatic N) is 2. The number of hydrogen-bond donors (Lipinski definition) is 0.